The fraction of sp³-hybridized carbons (Fsp3) is 0.214. The van der Waals surface area contributed by atoms with Crippen LogP contribution in [0.1, 0.15) is 17.1 Å². The lowest BCUT2D eigenvalue weighted by Gasteiger charge is -2.05. The summed E-state index contributed by atoms with van der Waals surface area (Å²) in [6.45, 7) is 4.03. The van der Waals surface area contributed by atoms with Gasteiger partial charge in [0.25, 0.3) is 11.3 Å². The summed E-state index contributed by atoms with van der Waals surface area (Å²) in [5.74, 6) is 1.75. The Kier molecular flexibility index (Phi) is 2.98. The highest BCUT2D eigenvalue weighted by Gasteiger charge is 2.06. The van der Waals surface area contributed by atoms with E-state index in [4.69, 9.17) is 4.74 Å². The first-order chi connectivity index (χ1) is 9.61. The molecule has 102 valence electrons. The number of nitrogens with zero attached hydrogens (tertiary/aromatic N) is 3. The lowest BCUT2D eigenvalue weighted by Crippen LogP contribution is -2.16. The molecule has 0 aliphatic rings. The summed E-state index contributed by atoms with van der Waals surface area (Å²) in [7, 11) is 0. The van der Waals surface area contributed by atoms with Gasteiger partial charge in [-0.05, 0) is 26.0 Å². The van der Waals surface area contributed by atoms with Gasteiger partial charge in [0.15, 0.2) is 0 Å². The van der Waals surface area contributed by atoms with Crippen molar-refractivity contribution in [2.45, 2.75) is 20.5 Å². The molecule has 0 aliphatic heterocycles. The third kappa shape index (κ3) is 2.40. The first kappa shape index (κ1) is 12.4. The maximum Gasteiger partial charge on any atom is 0.274 e. The number of fused-ring (bicyclic) bond motifs is 1. The average Bonchev–Trinajstić information content (AvgIpc) is 2.79. The molecule has 0 atom stereocenters. The Bertz CT molecular complexity index is 802. The number of nitrogens with one attached hydrogen (secondary N) is 1. The molecule has 0 aliphatic carbocycles. The van der Waals surface area contributed by atoms with E-state index in [1.54, 1.807) is 6.92 Å². The van der Waals surface area contributed by atoms with Gasteiger partial charge >= 0.3 is 0 Å². The van der Waals surface area contributed by atoms with Crippen molar-refractivity contribution in [1.29, 1.82) is 0 Å². The van der Waals surface area contributed by atoms with E-state index in [9.17, 15) is 4.79 Å². The zero-order chi connectivity index (χ0) is 14.1. The molecule has 6 nitrogen and oxygen atoms in total. The molecule has 0 amide bonds. The summed E-state index contributed by atoms with van der Waals surface area (Å²) in [4.78, 5) is 20.3. The summed E-state index contributed by atoms with van der Waals surface area (Å²) in [6, 6.07) is 9.16. The van der Waals surface area contributed by atoms with E-state index < -0.39 is 0 Å². The quantitative estimate of drug-likeness (QED) is 0.785. The van der Waals surface area contributed by atoms with Crippen LogP contribution in [-0.2, 0) is 6.61 Å². The largest absolute Gasteiger partial charge is 0.487 e. The average molecular weight is 270 g/mol. The van der Waals surface area contributed by atoms with Crippen molar-refractivity contribution in [2.24, 2.45) is 0 Å². The monoisotopic (exact) mass is 270 g/mol. The van der Waals surface area contributed by atoms with Gasteiger partial charge in [0, 0.05) is 6.07 Å². The lowest BCUT2D eigenvalue weighted by atomic mass is 10.2. The van der Waals surface area contributed by atoms with Crippen molar-refractivity contribution in [2.75, 3.05) is 0 Å². The van der Waals surface area contributed by atoms with Crippen LogP contribution in [0.3, 0.4) is 0 Å². The summed E-state index contributed by atoms with van der Waals surface area (Å²) >= 11 is 0. The molecule has 3 rings (SSSR count). The fourth-order valence-corrected chi connectivity index (χ4v) is 1.90. The van der Waals surface area contributed by atoms with Crippen LogP contribution in [0, 0.1) is 13.8 Å². The van der Waals surface area contributed by atoms with Crippen molar-refractivity contribution < 1.29 is 4.74 Å². The summed E-state index contributed by atoms with van der Waals surface area (Å²) in [6.07, 6.45) is 0. The first-order valence-corrected chi connectivity index (χ1v) is 6.26. The Morgan fingerprint density at radius 2 is 1.95 bits per heavy atom. The van der Waals surface area contributed by atoms with E-state index in [1.165, 1.54) is 16.1 Å². The Balaban J connectivity index is 1.84. The van der Waals surface area contributed by atoms with Crippen LogP contribution in [0.2, 0.25) is 0 Å². The maximum absolute atomic E-state index is 11.9. The Hall–Kier alpha value is -2.63. The van der Waals surface area contributed by atoms with Crippen molar-refractivity contribution >= 4 is 5.78 Å². The zero-order valence-corrected chi connectivity index (χ0v) is 11.3. The molecule has 0 saturated carbocycles. The first-order valence-electron chi connectivity index (χ1n) is 6.26. The molecule has 0 radical (unpaired) electrons. The molecule has 0 unspecified atom stereocenters. The number of H-pyrrole nitrogens is 1. The molecule has 0 spiro atoms. The maximum atomic E-state index is 11.9. The van der Waals surface area contributed by atoms with Crippen LogP contribution >= 0.6 is 0 Å². The van der Waals surface area contributed by atoms with Gasteiger partial charge in [-0.3, -0.25) is 9.89 Å². The van der Waals surface area contributed by atoms with Crippen LogP contribution < -0.4 is 10.3 Å². The molecule has 0 fully saturated rings. The SMILES string of the molecule is Cc1ccc(OCc2cc(=O)n3[nH]c(C)nc3n2)cc1. The van der Waals surface area contributed by atoms with Crippen molar-refractivity contribution in [3.8, 4) is 5.75 Å². The topological polar surface area (TPSA) is 72.3 Å². The normalized spacial score (nSPS) is 10.9. The van der Waals surface area contributed by atoms with Crippen LogP contribution in [-0.4, -0.2) is 19.6 Å². The van der Waals surface area contributed by atoms with Gasteiger partial charge in [-0.15, -0.1) is 0 Å². The Morgan fingerprint density at radius 1 is 1.20 bits per heavy atom. The predicted octanol–water partition coefficient (Wildman–Crippen LogP) is 1.61. The van der Waals surface area contributed by atoms with Gasteiger partial charge < -0.3 is 4.74 Å². The van der Waals surface area contributed by atoms with E-state index in [2.05, 4.69) is 15.1 Å². The Labute approximate surface area is 115 Å². The van der Waals surface area contributed by atoms with Gasteiger partial charge in [0.2, 0.25) is 0 Å². The van der Waals surface area contributed by atoms with Crippen molar-refractivity contribution in [3.05, 3.63) is 57.8 Å². The highest BCUT2D eigenvalue weighted by Crippen LogP contribution is 2.12. The standard InChI is InChI=1S/C14H14N4O2/c1-9-3-5-12(6-4-9)20-8-11-7-13(19)18-14(16-11)15-10(2)17-18/h3-7H,8H2,1-2H3,(H,15,16,17). The number of hydrogen-bond acceptors (Lipinski definition) is 4. The lowest BCUT2D eigenvalue weighted by molar-refractivity contribution is 0.301. The number of benzene rings is 1. The van der Waals surface area contributed by atoms with E-state index in [1.807, 2.05) is 31.2 Å². The van der Waals surface area contributed by atoms with Gasteiger partial charge in [0.1, 0.15) is 18.2 Å². The van der Waals surface area contributed by atoms with E-state index in [0.29, 0.717) is 17.3 Å². The summed E-state index contributed by atoms with van der Waals surface area (Å²) in [5.41, 5.74) is 1.53. The highest BCUT2D eigenvalue weighted by molar-refractivity contribution is 5.29. The second kappa shape index (κ2) is 4.80. The third-order valence-electron chi connectivity index (χ3n) is 2.90. The number of hydrogen-bond donors (Lipinski definition) is 1. The van der Waals surface area contributed by atoms with Crippen molar-refractivity contribution in [1.82, 2.24) is 19.6 Å². The summed E-state index contributed by atoms with van der Waals surface area (Å²) in [5, 5.41) is 2.82. The Morgan fingerprint density at radius 3 is 2.70 bits per heavy atom. The second-order valence-corrected chi connectivity index (χ2v) is 4.63. The van der Waals surface area contributed by atoms with E-state index in [0.717, 1.165) is 5.75 Å². The number of aromatic amines is 1. The van der Waals surface area contributed by atoms with Crippen molar-refractivity contribution in [3.63, 3.8) is 0 Å². The number of ether oxygens (including phenoxy) is 1. The van der Waals surface area contributed by atoms with Gasteiger partial charge in [-0.1, -0.05) is 17.7 Å². The van der Waals surface area contributed by atoms with E-state index in [-0.39, 0.29) is 12.2 Å². The third-order valence-corrected chi connectivity index (χ3v) is 2.90. The van der Waals surface area contributed by atoms with Gasteiger partial charge in [0.05, 0.1) is 5.69 Å². The number of aryl methyl sites for hydroxylation is 2. The molecule has 3 aromatic rings. The summed E-state index contributed by atoms with van der Waals surface area (Å²) < 4.78 is 6.92. The molecule has 0 saturated heterocycles. The zero-order valence-electron chi connectivity index (χ0n) is 11.3. The second-order valence-electron chi connectivity index (χ2n) is 4.63. The molecular weight excluding hydrogens is 256 g/mol. The minimum atomic E-state index is -0.196. The molecule has 2 heterocycles. The minimum Gasteiger partial charge on any atom is -0.487 e. The highest BCUT2D eigenvalue weighted by atomic mass is 16.5. The van der Waals surface area contributed by atoms with Crippen LogP contribution in [0.4, 0.5) is 0 Å². The van der Waals surface area contributed by atoms with E-state index >= 15 is 0 Å². The smallest absolute Gasteiger partial charge is 0.274 e. The molecule has 20 heavy (non-hydrogen) atoms. The van der Waals surface area contributed by atoms with Gasteiger partial charge in [-0.25, -0.2) is 4.98 Å². The van der Waals surface area contributed by atoms with Gasteiger partial charge in [-0.2, -0.15) is 9.50 Å². The molecule has 2 aromatic heterocycles. The number of rotatable bonds is 3. The van der Waals surface area contributed by atoms with Crippen LogP contribution in [0.5, 0.6) is 5.75 Å². The predicted molar refractivity (Wildman–Crippen MR) is 73.9 cm³/mol. The fourth-order valence-electron chi connectivity index (χ4n) is 1.90. The molecule has 6 heteroatoms. The van der Waals surface area contributed by atoms with Crippen LogP contribution in [0.15, 0.2) is 35.1 Å². The molecule has 1 N–H and O–H groups in total. The minimum absolute atomic E-state index is 0.196. The molecular formula is C14H14N4O2. The van der Waals surface area contributed by atoms with Crippen LogP contribution in [0.25, 0.3) is 5.78 Å². The molecule has 1 aromatic carbocycles. The molecule has 0 bridgehead atoms. The number of aromatic nitrogens is 4.